The summed E-state index contributed by atoms with van der Waals surface area (Å²) in [6.45, 7) is 6.49. The van der Waals surface area contributed by atoms with E-state index in [0.29, 0.717) is 13.1 Å². The van der Waals surface area contributed by atoms with Crippen LogP contribution in [0.3, 0.4) is 0 Å². The predicted octanol–water partition coefficient (Wildman–Crippen LogP) is -0.382. The summed E-state index contributed by atoms with van der Waals surface area (Å²) >= 11 is 0. The average molecular weight is 413 g/mol. The summed E-state index contributed by atoms with van der Waals surface area (Å²) in [6, 6.07) is 15.3. The van der Waals surface area contributed by atoms with Crippen molar-refractivity contribution in [2.75, 3.05) is 57.0 Å². The van der Waals surface area contributed by atoms with Crippen LogP contribution in [0.25, 0.3) is 0 Å². The van der Waals surface area contributed by atoms with Gasteiger partial charge in [-0.05, 0) is 30.2 Å². The van der Waals surface area contributed by atoms with E-state index >= 15 is 0 Å². The second-order valence-corrected chi connectivity index (χ2v) is 7.69. The maximum absolute atomic E-state index is 12.5. The molecule has 4 N–H and O–H groups in total. The lowest BCUT2D eigenvalue weighted by Crippen LogP contribution is -3.28. The Labute approximate surface area is 178 Å². The van der Waals surface area contributed by atoms with Crippen molar-refractivity contribution in [3.63, 3.8) is 0 Å². The molecular formula is C23H32N4O3+2. The molecule has 1 heterocycles. The summed E-state index contributed by atoms with van der Waals surface area (Å²) in [5.74, 6) is 0.762. The summed E-state index contributed by atoms with van der Waals surface area (Å²) in [4.78, 5) is 27.3. The number of ether oxygens (including phenoxy) is 1. The van der Waals surface area contributed by atoms with Gasteiger partial charge < -0.3 is 25.2 Å². The van der Waals surface area contributed by atoms with Gasteiger partial charge in [-0.3, -0.25) is 9.59 Å². The molecule has 0 unspecified atom stereocenters. The molecule has 160 valence electrons. The third kappa shape index (κ3) is 6.30. The summed E-state index contributed by atoms with van der Waals surface area (Å²) in [7, 11) is 1.61. The van der Waals surface area contributed by atoms with Gasteiger partial charge in [0.1, 0.15) is 31.9 Å². The van der Waals surface area contributed by atoms with E-state index in [1.165, 1.54) is 9.80 Å². The Morgan fingerprint density at radius 3 is 2.17 bits per heavy atom. The van der Waals surface area contributed by atoms with Crippen molar-refractivity contribution in [1.82, 2.24) is 0 Å². The Morgan fingerprint density at radius 1 is 0.900 bits per heavy atom. The molecule has 0 atom stereocenters. The minimum atomic E-state index is -0.00406. The minimum Gasteiger partial charge on any atom is -0.497 e. The normalized spacial score (nSPS) is 18.5. The van der Waals surface area contributed by atoms with Crippen LogP contribution in [0.4, 0.5) is 11.4 Å². The molecule has 30 heavy (non-hydrogen) atoms. The van der Waals surface area contributed by atoms with Crippen molar-refractivity contribution in [2.45, 2.75) is 13.3 Å². The van der Waals surface area contributed by atoms with Crippen LogP contribution in [0.1, 0.15) is 12.5 Å². The fourth-order valence-electron chi connectivity index (χ4n) is 3.82. The van der Waals surface area contributed by atoms with Gasteiger partial charge in [-0.25, -0.2) is 0 Å². The highest BCUT2D eigenvalue weighted by atomic mass is 16.5. The molecule has 0 spiro atoms. The SMILES string of the molecule is CCc1ccccc1NC(=O)C[NH+]1CC[NH+](CC(=O)Nc2cccc(OC)c2)CC1. The monoisotopic (exact) mass is 412 g/mol. The first-order valence-corrected chi connectivity index (χ1v) is 10.6. The van der Waals surface area contributed by atoms with Gasteiger partial charge in [0.05, 0.1) is 7.11 Å². The van der Waals surface area contributed by atoms with E-state index in [2.05, 4.69) is 17.6 Å². The van der Waals surface area contributed by atoms with Gasteiger partial charge in [0, 0.05) is 17.4 Å². The maximum Gasteiger partial charge on any atom is 0.279 e. The number of para-hydroxylation sites is 1. The molecule has 1 fully saturated rings. The van der Waals surface area contributed by atoms with E-state index in [-0.39, 0.29) is 11.8 Å². The lowest BCUT2D eigenvalue weighted by atomic mass is 10.1. The molecule has 1 saturated heterocycles. The van der Waals surface area contributed by atoms with Crippen LogP contribution in [0.15, 0.2) is 48.5 Å². The minimum absolute atomic E-state index is 0.00406. The standard InChI is InChI=1S/C23H30N4O3/c1-3-18-7-4-5-10-21(18)25-23(29)17-27-13-11-26(12-14-27)16-22(28)24-19-8-6-9-20(15-19)30-2/h4-10,15H,3,11-14,16-17H2,1-2H3,(H,24,28)(H,25,29)/p+2. The van der Waals surface area contributed by atoms with Crippen LogP contribution >= 0.6 is 0 Å². The number of hydrogen-bond donors (Lipinski definition) is 4. The third-order valence-corrected chi connectivity index (χ3v) is 5.51. The zero-order valence-electron chi connectivity index (χ0n) is 17.8. The number of methoxy groups -OCH3 is 1. The number of carbonyl (C=O) groups excluding carboxylic acids is 2. The molecule has 0 bridgehead atoms. The molecule has 2 aromatic rings. The van der Waals surface area contributed by atoms with Crippen LogP contribution < -0.4 is 25.2 Å². The molecule has 2 aromatic carbocycles. The summed E-state index contributed by atoms with van der Waals surface area (Å²) in [5, 5.41) is 5.98. The van der Waals surface area contributed by atoms with Crippen LogP contribution in [0.2, 0.25) is 0 Å². The van der Waals surface area contributed by atoms with Gasteiger partial charge >= 0.3 is 0 Å². The number of nitrogens with one attached hydrogen (secondary N) is 4. The second-order valence-electron chi connectivity index (χ2n) is 7.69. The van der Waals surface area contributed by atoms with Crippen LogP contribution in [0.5, 0.6) is 5.75 Å². The molecule has 3 rings (SSSR count). The molecule has 0 aliphatic carbocycles. The fourth-order valence-corrected chi connectivity index (χ4v) is 3.82. The number of rotatable bonds is 8. The van der Waals surface area contributed by atoms with Crippen molar-refractivity contribution in [3.8, 4) is 5.75 Å². The van der Waals surface area contributed by atoms with Gasteiger partial charge in [-0.1, -0.05) is 31.2 Å². The van der Waals surface area contributed by atoms with Gasteiger partial charge in [0.15, 0.2) is 13.1 Å². The molecule has 0 radical (unpaired) electrons. The topological polar surface area (TPSA) is 76.3 Å². The zero-order chi connectivity index (χ0) is 21.3. The number of aryl methyl sites for hydroxylation is 1. The number of piperazine rings is 1. The third-order valence-electron chi connectivity index (χ3n) is 5.51. The van der Waals surface area contributed by atoms with Gasteiger partial charge in [0.2, 0.25) is 0 Å². The van der Waals surface area contributed by atoms with Crippen molar-refractivity contribution < 1.29 is 24.1 Å². The van der Waals surface area contributed by atoms with E-state index in [9.17, 15) is 9.59 Å². The van der Waals surface area contributed by atoms with Crippen molar-refractivity contribution in [3.05, 3.63) is 54.1 Å². The Hall–Kier alpha value is -2.90. The van der Waals surface area contributed by atoms with Crippen LogP contribution in [-0.4, -0.2) is 58.2 Å². The molecule has 2 amide bonds. The lowest BCUT2D eigenvalue weighted by Gasteiger charge is -2.29. The van der Waals surface area contributed by atoms with Gasteiger partial charge in [-0.15, -0.1) is 0 Å². The van der Waals surface area contributed by atoms with Gasteiger partial charge in [-0.2, -0.15) is 0 Å². The van der Waals surface area contributed by atoms with Gasteiger partial charge in [0.25, 0.3) is 11.8 Å². The molecule has 1 aliphatic rings. The highest BCUT2D eigenvalue weighted by Gasteiger charge is 2.26. The first-order valence-electron chi connectivity index (χ1n) is 10.6. The smallest absolute Gasteiger partial charge is 0.279 e. The predicted molar refractivity (Wildman–Crippen MR) is 117 cm³/mol. The number of carbonyl (C=O) groups is 2. The van der Waals surface area contributed by atoms with Crippen LogP contribution in [0, 0.1) is 0 Å². The van der Waals surface area contributed by atoms with E-state index in [1.807, 2.05) is 48.5 Å². The number of benzene rings is 2. The molecule has 7 heteroatoms. The average Bonchev–Trinajstić information content (AvgIpc) is 2.75. The highest BCUT2D eigenvalue weighted by molar-refractivity contribution is 5.92. The Balaban J connectivity index is 1.41. The Kier molecular flexibility index (Phi) is 7.82. The molecule has 7 nitrogen and oxygen atoms in total. The van der Waals surface area contributed by atoms with E-state index in [4.69, 9.17) is 4.74 Å². The number of amides is 2. The highest BCUT2D eigenvalue weighted by Crippen LogP contribution is 2.16. The maximum atomic E-state index is 12.5. The Morgan fingerprint density at radius 2 is 1.53 bits per heavy atom. The van der Waals surface area contributed by atoms with Crippen molar-refractivity contribution >= 4 is 23.2 Å². The van der Waals surface area contributed by atoms with Crippen LogP contribution in [-0.2, 0) is 16.0 Å². The Bertz CT molecular complexity index is 863. The number of quaternary nitrogens is 2. The molecule has 0 aromatic heterocycles. The van der Waals surface area contributed by atoms with E-state index in [0.717, 1.165) is 55.3 Å². The van der Waals surface area contributed by atoms with E-state index in [1.54, 1.807) is 7.11 Å². The van der Waals surface area contributed by atoms with Crippen molar-refractivity contribution in [2.24, 2.45) is 0 Å². The largest absolute Gasteiger partial charge is 0.497 e. The second kappa shape index (κ2) is 10.8. The first-order chi connectivity index (χ1) is 14.6. The zero-order valence-corrected chi connectivity index (χ0v) is 17.8. The summed E-state index contributed by atoms with van der Waals surface area (Å²) < 4.78 is 5.19. The summed E-state index contributed by atoms with van der Waals surface area (Å²) in [6.07, 6.45) is 0.892. The quantitative estimate of drug-likeness (QED) is 0.478. The first kappa shape index (κ1) is 21.8. The molecular weight excluding hydrogens is 380 g/mol. The molecule has 0 saturated carbocycles. The van der Waals surface area contributed by atoms with E-state index < -0.39 is 0 Å². The number of hydrogen-bond acceptors (Lipinski definition) is 3. The number of anilines is 2. The summed E-state index contributed by atoms with van der Waals surface area (Å²) in [5.41, 5.74) is 2.80. The fraction of sp³-hybridized carbons (Fsp3) is 0.391. The van der Waals surface area contributed by atoms with Crippen molar-refractivity contribution in [1.29, 1.82) is 0 Å². The lowest BCUT2D eigenvalue weighted by molar-refractivity contribution is -1.00. The molecule has 1 aliphatic heterocycles.